The SMILES string of the molecule is COC(=O)c1ccc(-c2ccccc2-c2nnn(C(C)(C)c3ccccc3)n2)cc1. The van der Waals surface area contributed by atoms with Crippen LogP contribution in [0, 0.1) is 0 Å². The predicted octanol–water partition coefficient (Wildman–Crippen LogP) is 4.58. The molecule has 3 aromatic carbocycles. The van der Waals surface area contributed by atoms with E-state index in [0.717, 1.165) is 22.3 Å². The van der Waals surface area contributed by atoms with Gasteiger partial charge in [-0.2, -0.15) is 4.80 Å². The van der Waals surface area contributed by atoms with Crippen LogP contribution in [0.2, 0.25) is 0 Å². The van der Waals surface area contributed by atoms with Crippen molar-refractivity contribution in [2.45, 2.75) is 19.4 Å². The van der Waals surface area contributed by atoms with Gasteiger partial charge in [-0.3, -0.25) is 0 Å². The molecule has 0 radical (unpaired) electrons. The molecule has 150 valence electrons. The minimum absolute atomic E-state index is 0.359. The zero-order valence-corrected chi connectivity index (χ0v) is 17.1. The summed E-state index contributed by atoms with van der Waals surface area (Å²) in [5.41, 5.74) is 3.96. The Labute approximate surface area is 175 Å². The summed E-state index contributed by atoms with van der Waals surface area (Å²) in [6.07, 6.45) is 0. The van der Waals surface area contributed by atoms with Crippen LogP contribution in [0.25, 0.3) is 22.5 Å². The highest BCUT2D eigenvalue weighted by Crippen LogP contribution is 2.31. The van der Waals surface area contributed by atoms with Gasteiger partial charge in [-0.1, -0.05) is 66.7 Å². The lowest BCUT2D eigenvalue weighted by Gasteiger charge is -2.23. The van der Waals surface area contributed by atoms with Crippen molar-refractivity contribution in [2.24, 2.45) is 0 Å². The van der Waals surface area contributed by atoms with E-state index in [9.17, 15) is 4.79 Å². The molecule has 0 N–H and O–H groups in total. The number of rotatable bonds is 5. The molecular formula is C24H22N4O2. The van der Waals surface area contributed by atoms with E-state index in [4.69, 9.17) is 9.84 Å². The Morgan fingerprint density at radius 3 is 2.17 bits per heavy atom. The average Bonchev–Trinajstić information content (AvgIpc) is 3.30. The van der Waals surface area contributed by atoms with E-state index >= 15 is 0 Å². The summed E-state index contributed by atoms with van der Waals surface area (Å²) in [6.45, 7) is 4.12. The lowest BCUT2D eigenvalue weighted by Crippen LogP contribution is -2.30. The van der Waals surface area contributed by atoms with Gasteiger partial charge in [-0.05, 0) is 47.9 Å². The van der Waals surface area contributed by atoms with Gasteiger partial charge in [0.1, 0.15) is 5.54 Å². The summed E-state index contributed by atoms with van der Waals surface area (Å²) in [6, 6.07) is 25.3. The summed E-state index contributed by atoms with van der Waals surface area (Å²) >= 11 is 0. The maximum atomic E-state index is 11.7. The van der Waals surface area contributed by atoms with Crippen molar-refractivity contribution < 1.29 is 9.53 Å². The molecular weight excluding hydrogens is 376 g/mol. The van der Waals surface area contributed by atoms with E-state index in [-0.39, 0.29) is 5.97 Å². The molecule has 0 aliphatic carbocycles. The zero-order valence-electron chi connectivity index (χ0n) is 17.1. The highest BCUT2D eigenvalue weighted by atomic mass is 16.5. The quantitative estimate of drug-likeness (QED) is 0.460. The number of nitrogens with zero attached hydrogens (tertiary/aromatic N) is 4. The van der Waals surface area contributed by atoms with Gasteiger partial charge < -0.3 is 4.74 Å². The van der Waals surface area contributed by atoms with Gasteiger partial charge in [-0.15, -0.1) is 10.2 Å². The van der Waals surface area contributed by atoms with Crippen molar-refractivity contribution in [3.8, 4) is 22.5 Å². The minimum Gasteiger partial charge on any atom is -0.465 e. The Hall–Kier alpha value is -3.80. The minimum atomic E-state index is -0.441. The Morgan fingerprint density at radius 1 is 0.867 bits per heavy atom. The molecule has 1 aromatic heterocycles. The van der Waals surface area contributed by atoms with Crippen molar-refractivity contribution in [1.29, 1.82) is 0 Å². The van der Waals surface area contributed by atoms with Crippen LogP contribution in [0.3, 0.4) is 0 Å². The monoisotopic (exact) mass is 398 g/mol. The molecule has 0 unspecified atom stereocenters. The Balaban J connectivity index is 1.71. The van der Waals surface area contributed by atoms with E-state index in [1.54, 1.807) is 16.9 Å². The Kier molecular flexibility index (Phi) is 5.14. The molecule has 0 saturated heterocycles. The maximum absolute atomic E-state index is 11.7. The van der Waals surface area contributed by atoms with Crippen LogP contribution < -0.4 is 0 Å². The van der Waals surface area contributed by atoms with E-state index in [0.29, 0.717) is 11.4 Å². The summed E-state index contributed by atoms with van der Waals surface area (Å²) in [5.74, 6) is 0.189. The second-order valence-corrected chi connectivity index (χ2v) is 7.44. The molecule has 4 aromatic rings. The predicted molar refractivity (Wildman–Crippen MR) is 115 cm³/mol. The summed E-state index contributed by atoms with van der Waals surface area (Å²) < 4.78 is 4.78. The Morgan fingerprint density at radius 2 is 1.50 bits per heavy atom. The zero-order chi connectivity index (χ0) is 21.1. The fraction of sp³-hybridized carbons (Fsp3) is 0.167. The molecule has 0 atom stereocenters. The van der Waals surface area contributed by atoms with Crippen LogP contribution in [-0.4, -0.2) is 33.3 Å². The third-order valence-corrected chi connectivity index (χ3v) is 5.18. The van der Waals surface area contributed by atoms with Crippen LogP contribution in [0.4, 0.5) is 0 Å². The van der Waals surface area contributed by atoms with Crippen molar-refractivity contribution in [3.05, 3.63) is 90.0 Å². The number of carbonyl (C=O) groups is 1. The largest absolute Gasteiger partial charge is 0.465 e. The normalized spacial score (nSPS) is 11.3. The van der Waals surface area contributed by atoms with Crippen molar-refractivity contribution in [2.75, 3.05) is 7.11 Å². The van der Waals surface area contributed by atoms with Gasteiger partial charge >= 0.3 is 5.97 Å². The number of ether oxygens (including phenoxy) is 1. The van der Waals surface area contributed by atoms with Gasteiger partial charge in [0, 0.05) is 5.56 Å². The lowest BCUT2D eigenvalue weighted by molar-refractivity contribution is 0.0601. The highest BCUT2D eigenvalue weighted by molar-refractivity contribution is 5.90. The first-order valence-corrected chi connectivity index (χ1v) is 9.65. The first-order valence-electron chi connectivity index (χ1n) is 9.65. The number of hydrogen-bond acceptors (Lipinski definition) is 5. The van der Waals surface area contributed by atoms with Crippen molar-refractivity contribution in [3.63, 3.8) is 0 Å². The van der Waals surface area contributed by atoms with E-state index in [2.05, 4.69) is 36.3 Å². The third kappa shape index (κ3) is 3.59. The number of carbonyl (C=O) groups excluding carboxylic acids is 1. The molecule has 0 fully saturated rings. The topological polar surface area (TPSA) is 69.9 Å². The number of benzene rings is 3. The molecule has 0 bridgehead atoms. The highest BCUT2D eigenvalue weighted by Gasteiger charge is 2.26. The van der Waals surface area contributed by atoms with E-state index in [1.165, 1.54) is 7.11 Å². The molecule has 0 aliphatic heterocycles. The smallest absolute Gasteiger partial charge is 0.337 e. The molecule has 0 spiro atoms. The standard InChI is InChI=1S/C24H22N4O2/c1-24(2,19-9-5-4-6-10-19)28-26-22(25-27-28)21-12-8-7-11-20(21)17-13-15-18(16-14-17)23(29)30-3/h4-16H,1-3H3. The Bertz CT molecular complexity index is 1170. The van der Waals surface area contributed by atoms with Crippen molar-refractivity contribution in [1.82, 2.24) is 20.2 Å². The molecule has 30 heavy (non-hydrogen) atoms. The van der Waals surface area contributed by atoms with E-state index in [1.807, 2.05) is 54.6 Å². The first-order chi connectivity index (χ1) is 14.5. The van der Waals surface area contributed by atoms with Crippen molar-refractivity contribution >= 4 is 5.97 Å². The molecule has 0 aliphatic rings. The number of aromatic nitrogens is 4. The van der Waals surface area contributed by atoms with Crippen LogP contribution >= 0.6 is 0 Å². The molecule has 1 heterocycles. The molecule has 0 saturated carbocycles. The second kappa shape index (κ2) is 7.91. The number of methoxy groups -OCH3 is 1. The summed E-state index contributed by atoms with van der Waals surface area (Å²) in [5, 5.41) is 13.4. The summed E-state index contributed by atoms with van der Waals surface area (Å²) in [4.78, 5) is 13.4. The number of tetrazole rings is 1. The van der Waals surface area contributed by atoms with Gasteiger partial charge in [0.25, 0.3) is 0 Å². The van der Waals surface area contributed by atoms with Crippen LogP contribution in [0.1, 0.15) is 29.8 Å². The number of esters is 1. The van der Waals surface area contributed by atoms with E-state index < -0.39 is 5.54 Å². The van der Waals surface area contributed by atoms with Crippen LogP contribution in [0.5, 0.6) is 0 Å². The maximum Gasteiger partial charge on any atom is 0.337 e. The lowest BCUT2D eigenvalue weighted by atomic mass is 9.95. The molecule has 6 nitrogen and oxygen atoms in total. The average molecular weight is 398 g/mol. The molecule has 0 amide bonds. The fourth-order valence-corrected chi connectivity index (χ4v) is 3.35. The first kappa shape index (κ1) is 19.5. The van der Waals surface area contributed by atoms with Gasteiger partial charge in [0.05, 0.1) is 12.7 Å². The second-order valence-electron chi connectivity index (χ2n) is 7.44. The van der Waals surface area contributed by atoms with Gasteiger partial charge in [0.15, 0.2) is 0 Å². The molecule has 6 heteroatoms. The summed E-state index contributed by atoms with van der Waals surface area (Å²) in [7, 11) is 1.37. The number of hydrogen-bond donors (Lipinski definition) is 0. The molecule has 4 rings (SSSR count). The van der Waals surface area contributed by atoms with Crippen LogP contribution in [-0.2, 0) is 10.3 Å². The fourth-order valence-electron chi connectivity index (χ4n) is 3.35. The third-order valence-electron chi connectivity index (χ3n) is 5.18. The van der Waals surface area contributed by atoms with Gasteiger partial charge in [0.2, 0.25) is 5.82 Å². The van der Waals surface area contributed by atoms with Gasteiger partial charge in [-0.25, -0.2) is 4.79 Å². The van der Waals surface area contributed by atoms with Crippen LogP contribution in [0.15, 0.2) is 78.9 Å².